The Labute approximate surface area is 181 Å². The Bertz CT molecular complexity index is 1020. The third kappa shape index (κ3) is 5.51. The number of nitrogen functional groups attached to an aromatic ring is 1. The van der Waals surface area contributed by atoms with E-state index in [1.807, 2.05) is 39.0 Å². The zero-order chi connectivity index (χ0) is 22.4. The number of halogens is 1. The van der Waals surface area contributed by atoms with Crippen LogP contribution in [0.5, 0.6) is 11.5 Å². The summed E-state index contributed by atoms with van der Waals surface area (Å²) >= 11 is 0. The zero-order valence-corrected chi connectivity index (χ0v) is 17.9. The summed E-state index contributed by atoms with van der Waals surface area (Å²) in [6.07, 6.45) is 1.51. The van der Waals surface area contributed by atoms with Crippen molar-refractivity contribution in [3.8, 4) is 11.5 Å². The maximum absolute atomic E-state index is 15.6. The van der Waals surface area contributed by atoms with Crippen LogP contribution in [0.4, 0.5) is 15.8 Å². The van der Waals surface area contributed by atoms with Gasteiger partial charge >= 0.3 is 0 Å². The smallest absolute Gasteiger partial charge is 0.188 e. The first-order valence-electron chi connectivity index (χ1n) is 10.1. The van der Waals surface area contributed by atoms with Crippen molar-refractivity contribution in [2.45, 2.75) is 33.4 Å². The molecule has 0 atom stereocenters. The predicted octanol–water partition coefficient (Wildman–Crippen LogP) is 5.03. The number of aromatic nitrogens is 1. The van der Waals surface area contributed by atoms with Crippen LogP contribution in [0.1, 0.15) is 32.0 Å². The molecule has 0 spiro atoms. The Hall–Kier alpha value is -3.61. The van der Waals surface area contributed by atoms with Crippen molar-refractivity contribution in [2.24, 2.45) is 5.73 Å². The van der Waals surface area contributed by atoms with Gasteiger partial charge in [-0.1, -0.05) is 6.07 Å². The second-order valence-electron chi connectivity index (χ2n) is 7.22. The summed E-state index contributed by atoms with van der Waals surface area (Å²) in [7, 11) is 0. The lowest BCUT2D eigenvalue weighted by Crippen LogP contribution is -2.20. The normalized spacial score (nSPS) is 10.7. The number of nitrogens with one attached hydrogen (secondary N) is 1. The number of nitrogens with two attached hydrogens (primary N) is 1. The highest BCUT2D eigenvalue weighted by atomic mass is 19.1. The van der Waals surface area contributed by atoms with Crippen molar-refractivity contribution in [3.05, 3.63) is 77.9 Å². The highest BCUT2D eigenvalue weighted by Gasteiger charge is 2.21. The molecule has 31 heavy (non-hydrogen) atoms. The Balaban J connectivity index is 2.13. The molecule has 0 aliphatic heterocycles. The summed E-state index contributed by atoms with van der Waals surface area (Å²) < 4.78 is 27.0. The molecular weight excluding hydrogens is 395 g/mol. The van der Waals surface area contributed by atoms with Crippen molar-refractivity contribution >= 4 is 17.2 Å². The van der Waals surface area contributed by atoms with Crippen LogP contribution in [0.2, 0.25) is 0 Å². The monoisotopic (exact) mass is 422 g/mol. The summed E-state index contributed by atoms with van der Waals surface area (Å²) in [5, 5.41) is 7.62. The number of hydrogen-bond donors (Lipinski definition) is 2. The van der Waals surface area contributed by atoms with Crippen LogP contribution in [0.3, 0.4) is 0 Å². The van der Waals surface area contributed by atoms with Gasteiger partial charge in [0.15, 0.2) is 11.6 Å². The average Bonchev–Trinajstić information content (AvgIpc) is 2.75. The molecule has 0 saturated carbocycles. The van der Waals surface area contributed by atoms with Crippen LogP contribution in [-0.4, -0.2) is 23.5 Å². The fourth-order valence-corrected chi connectivity index (χ4v) is 3.13. The van der Waals surface area contributed by atoms with Crippen LogP contribution >= 0.6 is 0 Å². The predicted molar refractivity (Wildman–Crippen MR) is 121 cm³/mol. The van der Waals surface area contributed by atoms with Crippen molar-refractivity contribution in [2.75, 3.05) is 11.5 Å². The van der Waals surface area contributed by atoms with Crippen molar-refractivity contribution in [3.63, 3.8) is 0 Å². The summed E-state index contributed by atoms with van der Waals surface area (Å²) in [4.78, 5) is 6.20. The minimum absolute atomic E-state index is 0.0278. The number of hydrogen-bond acceptors (Lipinski definition) is 5. The third-order valence-electron chi connectivity index (χ3n) is 4.49. The van der Waals surface area contributed by atoms with E-state index in [4.69, 9.17) is 20.6 Å². The molecule has 0 aliphatic carbocycles. The van der Waals surface area contributed by atoms with Gasteiger partial charge in [-0.05, 0) is 57.2 Å². The number of amidine groups is 1. The van der Waals surface area contributed by atoms with Crippen LogP contribution in [0, 0.1) is 11.2 Å². The Morgan fingerprint density at radius 3 is 2.48 bits per heavy atom. The highest BCUT2D eigenvalue weighted by molar-refractivity contribution is 5.95. The van der Waals surface area contributed by atoms with Crippen LogP contribution < -0.4 is 20.1 Å². The molecular formula is C24H27FN4O2. The lowest BCUT2D eigenvalue weighted by Gasteiger charge is -2.27. The molecule has 0 fully saturated rings. The van der Waals surface area contributed by atoms with Gasteiger partial charge in [0.1, 0.15) is 11.6 Å². The molecule has 3 N–H and O–H groups in total. The standard InChI is InChI=1S/C24H27FN4O2/c1-4-30-20-13-21(23(25)22(14-20)31-16(2)3)29(15-18-7-5-6-12-28-18)19-10-8-17(9-11-19)24(26)27/h5-14,16H,4,15H2,1-3H3,(H3,26,27). The van der Waals surface area contributed by atoms with Crippen LogP contribution in [0.25, 0.3) is 0 Å². The van der Waals surface area contributed by atoms with E-state index in [0.717, 1.165) is 11.4 Å². The second-order valence-corrected chi connectivity index (χ2v) is 7.22. The first-order chi connectivity index (χ1) is 14.9. The van der Waals surface area contributed by atoms with Crippen molar-refractivity contribution < 1.29 is 13.9 Å². The molecule has 3 aromatic rings. The molecule has 0 saturated heterocycles. The van der Waals surface area contributed by atoms with Crippen molar-refractivity contribution in [1.82, 2.24) is 4.98 Å². The fourth-order valence-electron chi connectivity index (χ4n) is 3.13. The van der Waals surface area contributed by atoms with Gasteiger partial charge in [0.25, 0.3) is 0 Å². The maximum atomic E-state index is 15.6. The number of pyridine rings is 1. The molecule has 0 unspecified atom stereocenters. The minimum atomic E-state index is -0.483. The topological polar surface area (TPSA) is 84.5 Å². The molecule has 0 bridgehead atoms. The van der Waals surface area contributed by atoms with E-state index < -0.39 is 5.82 Å². The van der Waals surface area contributed by atoms with E-state index in [0.29, 0.717) is 30.2 Å². The molecule has 0 radical (unpaired) electrons. The molecule has 0 amide bonds. The number of rotatable bonds is 9. The Morgan fingerprint density at radius 2 is 1.90 bits per heavy atom. The summed E-state index contributed by atoms with van der Waals surface area (Å²) in [6, 6.07) is 15.9. The van der Waals surface area contributed by atoms with E-state index in [-0.39, 0.29) is 17.7 Å². The first kappa shape index (κ1) is 22.1. The van der Waals surface area contributed by atoms with Crippen molar-refractivity contribution in [1.29, 1.82) is 5.41 Å². The van der Waals surface area contributed by atoms with E-state index >= 15 is 4.39 Å². The molecule has 3 rings (SSSR count). The average molecular weight is 423 g/mol. The number of nitrogens with zero attached hydrogens (tertiary/aromatic N) is 2. The Kier molecular flexibility index (Phi) is 7.07. The molecule has 1 aromatic heterocycles. The van der Waals surface area contributed by atoms with E-state index in [1.165, 1.54) is 0 Å². The number of ether oxygens (including phenoxy) is 2. The van der Waals surface area contributed by atoms with Crippen LogP contribution in [-0.2, 0) is 6.54 Å². The minimum Gasteiger partial charge on any atom is -0.494 e. The summed E-state index contributed by atoms with van der Waals surface area (Å²) in [5.41, 5.74) is 7.97. The van der Waals surface area contributed by atoms with Gasteiger partial charge in [-0.2, -0.15) is 0 Å². The van der Waals surface area contributed by atoms with Crippen LogP contribution in [0.15, 0.2) is 60.8 Å². The van der Waals surface area contributed by atoms with Gasteiger partial charge in [-0.3, -0.25) is 10.4 Å². The summed E-state index contributed by atoms with van der Waals surface area (Å²) in [6.45, 7) is 6.34. The SMILES string of the molecule is CCOc1cc(OC(C)C)c(F)c(N(Cc2ccccn2)c2ccc(C(=N)N)cc2)c1. The van der Waals surface area contributed by atoms with E-state index in [1.54, 1.807) is 47.5 Å². The molecule has 0 aliphatic rings. The molecule has 1 heterocycles. The van der Waals surface area contributed by atoms with Gasteiger partial charge in [-0.15, -0.1) is 0 Å². The fraction of sp³-hybridized carbons (Fsp3) is 0.250. The number of benzene rings is 2. The first-order valence-corrected chi connectivity index (χ1v) is 10.1. The van der Waals surface area contributed by atoms with Gasteiger partial charge in [0, 0.05) is 29.6 Å². The third-order valence-corrected chi connectivity index (χ3v) is 4.49. The highest BCUT2D eigenvalue weighted by Crippen LogP contribution is 2.38. The molecule has 7 heteroatoms. The molecule has 2 aromatic carbocycles. The second kappa shape index (κ2) is 9.93. The lowest BCUT2D eigenvalue weighted by molar-refractivity contribution is 0.229. The molecule has 6 nitrogen and oxygen atoms in total. The zero-order valence-electron chi connectivity index (χ0n) is 17.9. The van der Waals surface area contributed by atoms with E-state index in [2.05, 4.69) is 4.98 Å². The van der Waals surface area contributed by atoms with Gasteiger partial charge in [-0.25, -0.2) is 4.39 Å². The maximum Gasteiger partial charge on any atom is 0.188 e. The largest absolute Gasteiger partial charge is 0.494 e. The van der Waals surface area contributed by atoms with Gasteiger partial charge in [0.2, 0.25) is 0 Å². The molecule has 162 valence electrons. The van der Waals surface area contributed by atoms with Gasteiger partial charge < -0.3 is 20.1 Å². The quantitative estimate of drug-likeness (QED) is 0.373. The lowest BCUT2D eigenvalue weighted by atomic mass is 10.1. The summed E-state index contributed by atoms with van der Waals surface area (Å²) in [5.74, 6) is 0.131. The van der Waals surface area contributed by atoms with E-state index in [9.17, 15) is 0 Å². The number of anilines is 2. The van der Waals surface area contributed by atoms with Gasteiger partial charge in [0.05, 0.1) is 30.6 Å². The Morgan fingerprint density at radius 1 is 1.16 bits per heavy atom.